The van der Waals surface area contributed by atoms with Crippen molar-refractivity contribution in [1.29, 1.82) is 0 Å². The van der Waals surface area contributed by atoms with Crippen molar-refractivity contribution in [3.8, 4) is 0 Å². The molecular formula is C10H15ClN4. The maximum Gasteiger partial charge on any atom is 0.224 e. The van der Waals surface area contributed by atoms with E-state index < -0.39 is 0 Å². The van der Waals surface area contributed by atoms with Gasteiger partial charge in [0.2, 0.25) is 5.95 Å². The molecule has 0 amide bonds. The second-order valence-corrected chi connectivity index (χ2v) is 4.27. The fraction of sp³-hybridized carbons (Fsp3) is 0.600. The molecule has 2 rings (SSSR count). The Hall–Kier alpha value is -0.870. The van der Waals surface area contributed by atoms with Crippen LogP contribution in [0.3, 0.4) is 0 Å². The molecule has 2 N–H and O–H groups in total. The molecule has 1 aliphatic rings. The molecule has 4 nitrogen and oxygen atoms in total. The predicted molar refractivity (Wildman–Crippen MR) is 61.2 cm³/mol. The van der Waals surface area contributed by atoms with E-state index in [9.17, 15) is 0 Å². The van der Waals surface area contributed by atoms with Crippen LogP contribution in [-0.2, 0) is 0 Å². The third-order valence-electron chi connectivity index (χ3n) is 2.62. The van der Waals surface area contributed by atoms with Crippen molar-refractivity contribution in [2.45, 2.75) is 13.3 Å². The topological polar surface area (TPSA) is 49.8 Å². The van der Waals surface area contributed by atoms with E-state index in [0.717, 1.165) is 25.2 Å². The monoisotopic (exact) mass is 226 g/mol. The number of anilines is 1. The van der Waals surface area contributed by atoms with Crippen LogP contribution in [0.4, 0.5) is 5.95 Å². The Morgan fingerprint density at radius 3 is 3.20 bits per heavy atom. The summed E-state index contributed by atoms with van der Waals surface area (Å²) in [6.07, 6.45) is 2.96. The van der Waals surface area contributed by atoms with Gasteiger partial charge in [0.25, 0.3) is 0 Å². The van der Waals surface area contributed by atoms with Crippen molar-refractivity contribution in [1.82, 2.24) is 15.3 Å². The molecule has 1 aliphatic heterocycles. The number of rotatable bonds is 3. The third-order valence-corrected chi connectivity index (χ3v) is 3.00. The molecule has 1 aromatic rings. The molecule has 0 unspecified atom stereocenters. The lowest BCUT2D eigenvalue weighted by Crippen LogP contribution is -2.18. The van der Waals surface area contributed by atoms with Gasteiger partial charge in [-0.3, -0.25) is 0 Å². The van der Waals surface area contributed by atoms with Crippen LogP contribution in [0.1, 0.15) is 12.0 Å². The summed E-state index contributed by atoms with van der Waals surface area (Å²) in [4.78, 5) is 8.33. The van der Waals surface area contributed by atoms with Gasteiger partial charge in [-0.2, -0.15) is 0 Å². The first-order valence-electron chi connectivity index (χ1n) is 5.19. The average molecular weight is 227 g/mol. The van der Waals surface area contributed by atoms with Gasteiger partial charge in [0.05, 0.1) is 0 Å². The summed E-state index contributed by atoms with van der Waals surface area (Å²) in [7, 11) is 0. The van der Waals surface area contributed by atoms with Crippen LogP contribution in [0.15, 0.2) is 6.20 Å². The zero-order valence-corrected chi connectivity index (χ0v) is 9.51. The Morgan fingerprint density at radius 2 is 2.53 bits per heavy atom. The summed E-state index contributed by atoms with van der Waals surface area (Å²) >= 11 is 5.91. The van der Waals surface area contributed by atoms with Crippen LogP contribution in [0.25, 0.3) is 0 Å². The maximum absolute atomic E-state index is 5.91. The molecule has 2 heterocycles. The summed E-state index contributed by atoms with van der Waals surface area (Å²) < 4.78 is 0. The van der Waals surface area contributed by atoms with E-state index in [-0.39, 0.29) is 0 Å². The van der Waals surface area contributed by atoms with Crippen molar-refractivity contribution < 1.29 is 0 Å². The maximum atomic E-state index is 5.91. The van der Waals surface area contributed by atoms with E-state index in [1.807, 2.05) is 6.92 Å². The first-order valence-corrected chi connectivity index (χ1v) is 5.57. The van der Waals surface area contributed by atoms with Gasteiger partial charge in [-0.15, -0.1) is 0 Å². The van der Waals surface area contributed by atoms with Crippen molar-refractivity contribution in [2.75, 3.05) is 25.0 Å². The van der Waals surface area contributed by atoms with Gasteiger partial charge in [-0.05, 0) is 32.4 Å². The average Bonchev–Trinajstić information content (AvgIpc) is 2.73. The van der Waals surface area contributed by atoms with Gasteiger partial charge < -0.3 is 10.6 Å². The van der Waals surface area contributed by atoms with Crippen LogP contribution in [0.2, 0.25) is 5.15 Å². The molecule has 1 saturated heterocycles. The molecule has 0 aliphatic carbocycles. The Balaban J connectivity index is 1.90. The summed E-state index contributed by atoms with van der Waals surface area (Å²) in [6.45, 7) is 4.99. The van der Waals surface area contributed by atoms with Gasteiger partial charge in [-0.25, -0.2) is 9.97 Å². The van der Waals surface area contributed by atoms with Gasteiger partial charge >= 0.3 is 0 Å². The molecular weight excluding hydrogens is 212 g/mol. The van der Waals surface area contributed by atoms with Crippen molar-refractivity contribution in [3.63, 3.8) is 0 Å². The lowest BCUT2D eigenvalue weighted by Gasteiger charge is -2.10. The molecule has 0 saturated carbocycles. The molecule has 0 aromatic carbocycles. The largest absolute Gasteiger partial charge is 0.354 e. The standard InChI is InChI=1S/C10H15ClN4/c1-7-4-13-10(15-9(7)11)14-6-8-2-3-12-5-8/h4,8,12H,2-3,5-6H2,1H3,(H,13,14,15)/t8-/m1/s1. The van der Waals surface area contributed by atoms with Crippen LogP contribution in [0.5, 0.6) is 0 Å². The van der Waals surface area contributed by atoms with Crippen molar-refractivity contribution >= 4 is 17.5 Å². The van der Waals surface area contributed by atoms with Crippen molar-refractivity contribution in [3.05, 3.63) is 16.9 Å². The van der Waals surface area contributed by atoms with Crippen LogP contribution in [0, 0.1) is 12.8 Å². The number of nitrogens with zero attached hydrogens (tertiary/aromatic N) is 2. The minimum Gasteiger partial charge on any atom is -0.354 e. The lowest BCUT2D eigenvalue weighted by molar-refractivity contribution is 0.613. The smallest absolute Gasteiger partial charge is 0.224 e. The number of nitrogens with one attached hydrogen (secondary N) is 2. The van der Waals surface area contributed by atoms with E-state index in [1.165, 1.54) is 6.42 Å². The van der Waals surface area contributed by atoms with E-state index in [2.05, 4.69) is 20.6 Å². The molecule has 1 atom stereocenters. The zero-order valence-electron chi connectivity index (χ0n) is 8.76. The van der Waals surface area contributed by atoms with Crippen molar-refractivity contribution in [2.24, 2.45) is 5.92 Å². The highest BCUT2D eigenvalue weighted by molar-refractivity contribution is 6.30. The fourth-order valence-electron chi connectivity index (χ4n) is 1.63. The molecule has 15 heavy (non-hydrogen) atoms. The number of hydrogen-bond donors (Lipinski definition) is 2. The minimum absolute atomic E-state index is 0.525. The van der Waals surface area contributed by atoms with Gasteiger partial charge in [-0.1, -0.05) is 11.6 Å². The number of aryl methyl sites for hydroxylation is 1. The summed E-state index contributed by atoms with van der Waals surface area (Å²) in [5, 5.41) is 7.06. The minimum atomic E-state index is 0.525. The van der Waals surface area contributed by atoms with E-state index in [1.54, 1.807) is 6.20 Å². The summed E-state index contributed by atoms with van der Waals surface area (Å²) in [5.74, 6) is 1.30. The Labute approximate surface area is 94.5 Å². The zero-order chi connectivity index (χ0) is 10.7. The summed E-state index contributed by atoms with van der Waals surface area (Å²) in [6, 6.07) is 0. The summed E-state index contributed by atoms with van der Waals surface area (Å²) in [5.41, 5.74) is 0.907. The first kappa shape index (κ1) is 10.6. The lowest BCUT2D eigenvalue weighted by atomic mass is 10.1. The molecule has 0 spiro atoms. The second kappa shape index (κ2) is 4.77. The molecule has 82 valence electrons. The predicted octanol–water partition coefficient (Wildman–Crippen LogP) is 1.46. The molecule has 1 fully saturated rings. The normalized spacial score (nSPS) is 20.5. The third kappa shape index (κ3) is 2.79. The highest BCUT2D eigenvalue weighted by atomic mass is 35.5. The highest BCUT2D eigenvalue weighted by Crippen LogP contribution is 2.13. The van der Waals surface area contributed by atoms with Crippen LogP contribution < -0.4 is 10.6 Å². The SMILES string of the molecule is Cc1cnc(NC[C@@H]2CCNC2)nc1Cl. The van der Waals surface area contributed by atoms with Gasteiger partial charge in [0.15, 0.2) is 0 Å². The molecule has 0 radical (unpaired) electrons. The Bertz CT molecular complexity index is 336. The second-order valence-electron chi connectivity index (χ2n) is 3.91. The number of aromatic nitrogens is 2. The van der Waals surface area contributed by atoms with E-state index in [0.29, 0.717) is 17.0 Å². The highest BCUT2D eigenvalue weighted by Gasteiger charge is 2.14. The molecule has 0 bridgehead atoms. The Kier molecular flexibility index (Phi) is 3.38. The number of halogens is 1. The first-order chi connectivity index (χ1) is 7.25. The van der Waals surface area contributed by atoms with Crippen LogP contribution >= 0.6 is 11.6 Å². The van der Waals surface area contributed by atoms with E-state index >= 15 is 0 Å². The fourth-order valence-corrected chi connectivity index (χ4v) is 1.76. The Morgan fingerprint density at radius 1 is 1.67 bits per heavy atom. The van der Waals surface area contributed by atoms with E-state index in [4.69, 9.17) is 11.6 Å². The van der Waals surface area contributed by atoms with Crippen LogP contribution in [-0.4, -0.2) is 29.6 Å². The molecule has 1 aromatic heterocycles. The van der Waals surface area contributed by atoms with Gasteiger partial charge in [0, 0.05) is 18.3 Å². The molecule has 5 heteroatoms. The number of hydrogen-bond acceptors (Lipinski definition) is 4. The quantitative estimate of drug-likeness (QED) is 0.767. The van der Waals surface area contributed by atoms with Gasteiger partial charge in [0.1, 0.15) is 5.15 Å².